The lowest BCUT2D eigenvalue weighted by molar-refractivity contribution is -0.400. The summed E-state index contributed by atoms with van der Waals surface area (Å²) in [6, 6.07) is 4.94. The van der Waals surface area contributed by atoms with E-state index in [-0.39, 0.29) is 0 Å². The number of aromatic nitrogens is 1. The van der Waals surface area contributed by atoms with Crippen LogP contribution in [0.5, 0.6) is 0 Å². The highest BCUT2D eigenvalue weighted by Crippen LogP contribution is 2.15. The van der Waals surface area contributed by atoms with E-state index >= 15 is 0 Å². The van der Waals surface area contributed by atoms with E-state index in [0.717, 1.165) is 6.20 Å². The molecule has 2 aromatic rings. The normalized spacial score (nSPS) is 11.3. The van der Waals surface area contributed by atoms with Crippen LogP contribution in [-0.4, -0.2) is 9.49 Å². The molecule has 6 nitrogen and oxygen atoms in total. The molecule has 6 heteroatoms. The SMILES string of the molecule is Cn1c(=O)oc2cc(C=C[N+](=O)[O-])ccc21. The minimum atomic E-state index is -0.550. The van der Waals surface area contributed by atoms with Gasteiger partial charge in [-0.1, -0.05) is 6.07 Å². The third-order valence-corrected chi connectivity index (χ3v) is 2.21. The van der Waals surface area contributed by atoms with Gasteiger partial charge in [0.2, 0.25) is 6.20 Å². The highest BCUT2D eigenvalue weighted by atomic mass is 16.6. The number of oxazole rings is 1. The number of hydrogen-bond acceptors (Lipinski definition) is 4. The smallest absolute Gasteiger partial charge is 0.408 e. The van der Waals surface area contributed by atoms with Gasteiger partial charge in [0.25, 0.3) is 0 Å². The molecule has 82 valence electrons. The Morgan fingerprint density at radius 1 is 1.50 bits per heavy atom. The van der Waals surface area contributed by atoms with E-state index in [1.54, 1.807) is 25.2 Å². The van der Waals surface area contributed by atoms with E-state index in [1.165, 1.54) is 10.6 Å². The molecule has 0 aliphatic carbocycles. The zero-order valence-electron chi connectivity index (χ0n) is 8.41. The number of fused-ring (bicyclic) bond motifs is 1. The first-order valence-electron chi connectivity index (χ1n) is 4.49. The average Bonchev–Trinajstić information content (AvgIpc) is 2.52. The second kappa shape index (κ2) is 3.65. The van der Waals surface area contributed by atoms with Crippen molar-refractivity contribution in [3.63, 3.8) is 0 Å². The number of hydrogen-bond donors (Lipinski definition) is 0. The number of benzene rings is 1. The molecule has 0 N–H and O–H groups in total. The maximum Gasteiger partial charge on any atom is 0.419 e. The van der Waals surface area contributed by atoms with Crippen molar-refractivity contribution in [3.05, 3.63) is 50.6 Å². The molecule has 1 aromatic heterocycles. The van der Waals surface area contributed by atoms with Crippen LogP contribution in [0.2, 0.25) is 0 Å². The first kappa shape index (κ1) is 10.2. The van der Waals surface area contributed by atoms with Gasteiger partial charge in [-0.15, -0.1) is 0 Å². The van der Waals surface area contributed by atoms with Gasteiger partial charge in [0.1, 0.15) is 0 Å². The maximum atomic E-state index is 11.2. The first-order valence-corrected chi connectivity index (χ1v) is 4.49. The minimum absolute atomic E-state index is 0.415. The summed E-state index contributed by atoms with van der Waals surface area (Å²) >= 11 is 0. The Balaban J connectivity index is 2.53. The van der Waals surface area contributed by atoms with Crippen molar-refractivity contribution in [2.45, 2.75) is 0 Å². The first-order chi connectivity index (χ1) is 7.58. The van der Waals surface area contributed by atoms with E-state index in [1.807, 2.05) is 0 Å². The van der Waals surface area contributed by atoms with E-state index in [2.05, 4.69) is 0 Å². The molecule has 0 fully saturated rings. The summed E-state index contributed by atoms with van der Waals surface area (Å²) in [4.78, 5) is 20.8. The van der Waals surface area contributed by atoms with Crippen LogP contribution in [0.3, 0.4) is 0 Å². The Bertz CT molecular complexity index is 636. The molecule has 16 heavy (non-hydrogen) atoms. The van der Waals surface area contributed by atoms with Crippen molar-refractivity contribution in [2.24, 2.45) is 7.05 Å². The van der Waals surface area contributed by atoms with Crippen molar-refractivity contribution in [1.82, 2.24) is 4.57 Å². The number of aryl methyl sites for hydroxylation is 1. The highest BCUT2D eigenvalue weighted by molar-refractivity contribution is 5.76. The van der Waals surface area contributed by atoms with Crippen LogP contribution >= 0.6 is 0 Å². The number of nitrogens with zero attached hydrogens (tertiary/aromatic N) is 2. The molecule has 0 radical (unpaired) electrons. The topological polar surface area (TPSA) is 78.3 Å². The summed E-state index contributed by atoms with van der Waals surface area (Å²) < 4.78 is 6.32. The van der Waals surface area contributed by atoms with Crippen LogP contribution in [0.25, 0.3) is 17.2 Å². The molecular weight excluding hydrogens is 212 g/mol. The number of nitro groups is 1. The van der Waals surface area contributed by atoms with Gasteiger partial charge in [-0.2, -0.15) is 0 Å². The van der Waals surface area contributed by atoms with Gasteiger partial charge in [0.15, 0.2) is 5.58 Å². The van der Waals surface area contributed by atoms with Crippen LogP contribution in [0, 0.1) is 10.1 Å². The second-order valence-electron chi connectivity index (χ2n) is 3.26. The average molecular weight is 220 g/mol. The fourth-order valence-electron chi connectivity index (χ4n) is 1.40. The summed E-state index contributed by atoms with van der Waals surface area (Å²) in [5.74, 6) is -0.453. The lowest BCUT2D eigenvalue weighted by Gasteiger charge is -1.92. The Morgan fingerprint density at radius 2 is 2.25 bits per heavy atom. The van der Waals surface area contributed by atoms with Crippen molar-refractivity contribution >= 4 is 17.2 Å². The fourth-order valence-corrected chi connectivity index (χ4v) is 1.40. The molecule has 0 saturated carbocycles. The van der Waals surface area contributed by atoms with Gasteiger partial charge in [-0.3, -0.25) is 14.7 Å². The van der Waals surface area contributed by atoms with Gasteiger partial charge in [0, 0.05) is 13.1 Å². The lowest BCUT2D eigenvalue weighted by atomic mass is 10.2. The monoisotopic (exact) mass is 220 g/mol. The zero-order chi connectivity index (χ0) is 11.7. The molecular formula is C10H8N2O4. The molecule has 1 aromatic carbocycles. The molecule has 0 saturated heterocycles. The standard InChI is InChI=1S/C10H8N2O4/c1-11-8-3-2-7(4-5-12(14)15)6-9(8)16-10(11)13/h2-6H,1H3. The maximum absolute atomic E-state index is 11.2. The van der Waals surface area contributed by atoms with Gasteiger partial charge < -0.3 is 4.42 Å². The Morgan fingerprint density at radius 3 is 2.94 bits per heavy atom. The van der Waals surface area contributed by atoms with Crippen molar-refractivity contribution < 1.29 is 9.34 Å². The second-order valence-corrected chi connectivity index (χ2v) is 3.26. The van der Waals surface area contributed by atoms with Crippen LogP contribution in [0.15, 0.2) is 33.6 Å². The summed E-state index contributed by atoms with van der Waals surface area (Å²) in [6.07, 6.45) is 2.18. The van der Waals surface area contributed by atoms with Gasteiger partial charge in [-0.25, -0.2) is 4.79 Å². The van der Waals surface area contributed by atoms with Gasteiger partial charge in [-0.05, 0) is 17.7 Å². The van der Waals surface area contributed by atoms with Crippen molar-refractivity contribution in [3.8, 4) is 0 Å². The van der Waals surface area contributed by atoms with Crippen LogP contribution in [-0.2, 0) is 7.05 Å². The highest BCUT2D eigenvalue weighted by Gasteiger charge is 2.05. The Hall–Kier alpha value is -2.37. The van der Waals surface area contributed by atoms with Gasteiger partial charge in [0.05, 0.1) is 10.4 Å². The molecule has 2 rings (SSSR count). The summed E-state index contributed by atoms with van der Waals surface area (Å²) in [7, 11) is 1.60. The minimum Gasteiger partial charge on any atom is -0.408 e. The van der Waals surface area contributed by atoms with Crippen LogP contribution < -0.4 is 5.76 Å². The summed E-state index contributed by atoms with van der Waals surface area (Å²) in [5, 5.41) is 10.1. The molecule has 0 bridgehead atoms. The third kappa shape index (κ3) is 1.72. The molecule has 0 spiro atoms. The van der Waals surface area contributed by atoms with E-state index in [0.29, 0.717) is 16.7 Å². The quantitative estimate of drug-likeness (QED) is 0.565. The lowest BCUT2D eigenvalue weighted by Crippen LogP contribution is -2.08. The van der Waals surface area contributed by atoms with Crippen LogP contribution in [0.1, 0.15) is 5.56 Å². The van der Waals surface area contributed by atoms with Gasteiger partial charge >= 0.3 is 5.76 Å². The third-order valence-electron chi connectivity index (χ3n) is 2.21. The van der Waals surface area contributed by atoms with Crippen molar-refractivity contribution in [1.29, 1.82) is 0 Å². The molecule has 0 amide bonds. The molecule has 0 aliphatic heterocycles. The predicted octanol–water partition coefficient (Wildman–Crippen LogP) is 1.38. The number of rotatable bonds is 2. The van der Waals surface area contributed by atoms with Crippen molar-refractivity contribution in [2.75, 3.05) is 0 Å². The van der Waals surface area contributed by atoms with E-state index in [9.17, 15) is 14.9 Å². The molecule has 0 unspecified atom stereocenters. The molecule has 0 aliphatic rings. The largest absolute Gasteiger partial charge is 0.419 e. The molecule has 1 heterocycles. The van der Waals surface area contributed by atoms with E-state index < -0.39 is 10.7 Å². The Kier molecular flexibility index (Phi) is 2.32. The summed E-state index contributed by atoms with van der Waals surface area (Å²) in [5.41, 5.74) is 1.68. The van der Waals surface area contributed by atoms with Crippen LogP contribution in [0.4, 0.5) is 0 Å². The Labute approximate surface area is 89.6 Å². The zero-order valence-corrected chi connectivity index (χ0v) is 8.41. The predicted molar refractivity (Wildman–Crippen MR) is 57.5 cm³/mol. The molecule has 0 atom stereocenters. The summed E-state index contributed by atoms with van der Waals surface area (Å²) in [6.45, 7) is 0. The fraction of sp³-hybridized carbons (Fsp3) is 0.100. The van der Waals surface area contributed by atoms with E-state index in [4.69, 9.17) is 4.42 Å².